The predicted molar refractivity (Wildman–Crippen MR) is 92.0 cm³/mol. The van der Waals surface area contributed by atoms with Crippen molar-refractivity contribution in [2.24, 2.45) is 5.92 Å². The maximum Gasteiger partial charge on any atom is 0.243 e. The predicted octanol–water partition coefficient (Wildman–Crippen LogP) is 1.77. The van der Waals surface area contributed by atoms with Crippen LogP contribution in [0.15, 0.2) is 29.2 Å². The monoisotopic (exact) mass is 372 g/mol. The summed E-state index contributed by atoms with van der Waals surface area (Å²) in [6.45, 7) is 4.18. The second kappa shape index (κ2) is 9.26. The number of carbonyl (C=O) groups excluding carboxylic acids is 1. The van der Waals surface area contributed by atoms with Crippen molar-refractivity contribution >= 4 is 15.9 Å². The highest BCUT2D eigenvalue weighted by molar-refractivity contribution is 7.89. The summed E-state index contributed by atoms with van der Waals surface area (Å²) in [6.07, 6.45) is 2.01. The summed E-state index contributed by atoms with van der Waals surface area (Å²) in [7, 11) is -3.71. The molecule has 1 fully saturated rings. The van der Waals surface area contributed by atoms with Gasteiger partial charge in [0.2, 0.25) is 15.9 Å². The smallest absolute Gasteiger partial charge is 0.243 e. The zero-order valence-electron chi connectivity index (χ0n) is 14.4. The molecule has 0 radical (unpaired) electrons. The van der Waals surface area contributed by atoms with E-state index in [1.54, 1.807) is 0 Å². The van der Waals surface area contributed by atoms with Crippen LogP contribution in [0, 0.1) is 11.7 Å². The van der Waals surface area contributed by atoms with Gasteiger partial charge in [-0.3, -0.25) is 4.79 Å². The molecular weight excluding hydrogens is 347 g/mol. The number of sulfonamides is 1. The molecule has 0 saturated carbocycles. The molecule has 1 N–H and O–H groups in total. The molecule has 8 heteroatoms. The molecule has 1 saturated heterocycles. The van der Waals surface area contributed by atoms with E-state index >= 15 is 0 Å². The fraction of sp³-hybridized carbons (Fsp3) is 0.588. The van der Waals surface area contributed by atoms with E-state index in [4.69, 9.17) is 4.74 Å². The second-order valence-electron chi connectivity index (χ2n) is 6.00. The van der Waals surface area contributed by atoms with Crippen molar-refractivity contribution in [1.29, 1.82) is 0 Å². The summed E-state index contributed by atoms with van der Waals surface area (Å²) < 4.78 is 44.8. The van der Waals surface area contributed by atoms with Gasteiger partial charge in [-0.05, 0) is 50.5 Å². The Labute approximate surface area is 148 Å². The lowest BCUT2D eigenvalue weighted by Crippen LogP contribution is -2.45. The fourth-order valence-electron chi connectivity index (χ4n) is 2.80. The van der Waals surface area contributed by atoms with Gasteiger partial charge in [-0.25, -0.2) is 12.8 Å². The van der Waals surface area contributed by atoms with Gasteiger partial charge in [0.05, 0.1) is 10.8 Å². The third kappa shape index (κ3) is 5.49. The summed E-state index contributed by atoms with van der Waals surface area (Å²) in [5.41, 5.74) is 0. The SMILES string of the molecule is CCOCCCNC(=O)[C@H]1CCCN(S(=O)(=O)c2ccc(F)cc2)C1. The third-order valence-corrected chi connectivity index (χ3v) is 6.05. The Bertz CT molecular complexity index is 664. The van der Waals surface area contributed by atoms with Gasteiger partial charge >= 0.3 is 0 Å². The highest BCUT2D eigenvalue weighted by Crippen LogP contribution is 2.24. The molecule has 0 unspecified atom stereocenters. The minimum atomic E-state index is -3.71. The highest BCUT2D eigenvalue weighted by Gasteiger charge is 2.33. The van der Waals surface area contributed by atoms with Crippen LogP contribution in [0.25, 0.3) is 0 Å². The van der Waals surface area contributed by atoms with Crippen LogP contribution >= 0.6 is 0 Å². The Morgan fingerprint density at radius 3 is 2.76 bits per heavy atom. The van der Waals surface area contributed by atoms with Crippen molar-refractivity contribution in [1.82, 2.24) is 9.62 Å². The molecule has 1 aliphatic heterocycles. The minimum absolute atomic E-state index is 0.0478. The van der Waals surface area contributed by atoms with Crippen molar-refractivity contribution in [3.63, 3.8) is 0 Å². The Hall–Kier alpha value is -1.51. The number of piperidine rings is 1. The summed E-state index contributed by atoms with van der Waals surface area (Å²) >= 11 is 0. The number of carbonyl (C=O) groups is 1. The van der Waals surface area contributed by atoms with Gasteiger partial charge in [-0.2, -0.15) is 4.31 Å². The van der Waals surface area contributed by atoms with Crippen LogP contribution < -0.4 is 5.32 Å². The molecule has 1 amide bonds. The largest absolute Gasteiger partial charge is 0.382 e. The zero-order valence-corrected chi connectivity index (χ0v) is 15.2. The Kier molecular flexibility index (Phi) is 7.34. The van der Waals surface area contributed by atoms with Crippen molar-refractivity contribution in [2.75, 3.05) is 32.8 Å². The molecule has 1 atom stereocenters. The van der Waals surface area contributed by atoms with Gasteiger partial charge in [0.15, 0.2) is 0 Å². The lowest BCUT2D eigenvalue weighted by Gasteiger charge is -2.31. The van der Waals surface area contributed by atoms with Crippen LogP contribution in [0.5, 0.6) is 0 Å². The van der Waals surface area contributed by atoms with Crippen LogP contribution in [-0.4, -0.2) is 51.5 Å². The topological polar surface area (TPSA) is 75.7 Å². The molecule has 0 aromatic heterocycles. The van der Waals surface area contributed by atoms with Crippen LogP contribution in [0.4, 0.5) is 4.39 Å². The maximum atomic E-state index is 13.0. The highest BCUT2D eigenvalue weighted by atomic mass is 32.2. The molecule has 6 nitrogen and oxygen atoms in total. The third-order valence-electron chi connectivity index (χ3n) is 4.18. The molecule has 140 valence electrons. The molecular formula is C17H25FN2O4S. The number of nitrogens with zero attached hydrogens (tertiary/aromatic N) is 1. The van der Waals surface area contributed by atoms with E-state index in [-0.39, 0.29) is 23.3 Å². The average molecular weight is 372 g/mol. The van der Waals surface area contributed by atoms with Crippen LogP contribution in [0.3, 0.4) is 0 Å². The average Bonchev–Trinajstić information content (AvgIpc) is 2.62. The number of hydrogen-bond acceptors (Lipinski definition) is 4. The number of benzene rings is 1. The molecule has 1 aromatic carbocycles. The van der Waals surface area contributed by atoms with E-state index in [1.807, 2.05) is 6.92 Å². The van der Waals surface area contributed by atoms with Crippen LogP contribution in [-0.2, 0) is 19.6 Å². The molecule has 0 aliphatic carbocycles. The van der Waals surface area contributed by atoms with Gasteiger partial charge < -0.3 is 10.1 Å². The van der Waals surface area contributed by atoms with Gasteiger partial charge in [0.1, 0.15) is 5.82 Å². The first kappa shape index (κ1) is 19.8. The first-order valence-corrected chi connectivity index (χ1v) is 10.0. The van der Waals surface area contributed by atoms with Gasteiger partial charge in [-0.1, -0.05) is 0 Å². The van der Waals surface area contributed by atoms with E-state index in [0.717, 1.165) is 18.6 Å². The lowest BCUT2D eigenvalue weighted by atomic mass is 9.99. The summed E-state index contributed by atoms with van der Waals surface area (Å²) in [5.74, 6) is -0.978. The number of amides is 1. The lowest BCUT2D eigenvalue weighted by molar-refractivity contribution is -0.126. The number of nitrogens with one attached hydrogen (secondary N) is 1. The van der Waals surface area contributed by atoms with Gasteiger partial charge in [0, 0.05) is 32.8 Å². The summed E-state index contributed by atoms with van der Waals surface area (Å²) in [5, 5.41) is 2.84. The second-order valence-corrected chi connectivity index (χ2v) is 7.94. The number of ether oxygens (including phenoxy) is 1. The van der Waals surface area contributed by atoms with Gasteiger partial charge in [-0.15, -0.1) is 0 Å². The first-order valence-electron chi connectivity index (χ1n) is 8.56. The number of rotatable bonds is 8. The molecule has 2 rings (SSSR count). The molecule has 25 heavy (non-hydrogen) atoms. The quantitative estimate of drug-likeness (QED) is 0.706. The molecule has 0 bridgehead atoms. The number of halogens is 1. The zero-order chi connectivity index (χ0) is 18.3. The maximum absolute atomic E-state index is 13.0. The number of hydrogen-bond donors (Lipinski definition) is 1. The Morgan fingerprint density at radius 1 is 1.36 bits per heavy atom. The molecule has 1 aromatic rings. The Balaban J connectivity index is 1.93. The fourth-order valence-corrected chi connectivity index (χ4v) is 4.33. The van der Waals surface area contributed by atoms with E-state index in [1.165, 1.54) is 16.4 Å². The van der Waals surface area contributed by atoms with Crippen LogP contribution in [0.1, 0.15) is 26.2 Å². The molecule has 1 aliphatic rings. The van der Waals surface area contributed by atoms with Crippen molar-refractivity contribution in [3.8, 4) is 0 Å². The van der Waals surface area contributed by atoms with Crippen molar-refractivity contribution < 1.29 is 22.3 Å². The summed E-state index contributed by atoms with van der Waals surface area (Å²) in [6, 6.07) is 4.75. The standard InChI is InChI=1S/C17H25FN2O4S/c1-2-24-12-4-10-19-17(21)14-5-3-11-20(13-14)25(22,23)16-8-6-15(18)7-9-16/h6-9,14H,2-5,10-13H2,1H3,(H,19,21)/t14-/m0/s1. The Morgan fingerprint density at radius 2 is 2.08 bits per heavy atom. The molecule has 1 heterocycles. The van der Waals surface area contributed by atoms with E-state index in [0.29, 0.717) is 39.1 Å². The van der Waals surface area contributed by atoms with Crippen LogP contribution in [0.2, 0.25) is 0 Å². The van der Waals surface area contributed by atoms with Crippen molar-refractivity contribution in [3.05, 3.63) is 30.1 Å². The first-order chi connectivity index (χ1) is 11.9. The van der Waals surface area contributed by atoms with E-state index in [9.17, 15) is 17.6 Å². The normalized spacial score (nSPS) is 18.9. The summed E-state index contributed by atoms with van der Waals surface area (Å²) in [4.78, 5) is 12.3. The minimum Gasteiger partial charge on any atom is -0.382 e. The van der Waals surface area contributed by atoms with Crippen molar-refractivity contribution in [2.45, 2.75) is 31.1 Å². The molecule has 0 spiro atoms. The van der Waals surface area contributed by atoms with Gasteiger partial charge in [0.25, 0.3) is 0 Å². The van der Waals surface area contributed by atoms with E-state index in [2.05, 4.69) is 5.32 Å². The van der Waals surface area contributed by atoms with E-state index < -0.39 is 15.8 Å².